The van der Waals surface area contributed by atoms with Crippen molar-refractivity contribution >= 4 is 8.80 Å². The minimum Gasteiger partial charge on any atom is -0.379 e. The van der Waals surface area contributed by atoms with Crippen molar-refractivity contribution in [1.29, 1.82) is 0 Å². The summed E-state index contributed by atoms with van der Waals surface area (Å²) in [7, 11) is -0.790. The van der Waals surface area contributed by atoms with Crippen LogP contribution in [0.2, 0.25) is 13.1 Å². The van der Waals surface area contributed by atoms with Gasteiger partial charge in [0.05, 0.1) is 14.0 Å². The molecule has 0 saturated carbocycles. The van der Waals surface area contributed by atoms with Crippen LogP contribution in [-0.2, 0) is 11.2 Å². The molecule has 1 fully saturated rings. The quantitative estimate of drug-likeness (QED) is 0.729. The third kappa shape index (κ3) is 2.55. The van der Waals surface area contributed by atoms with Crippen LogP contribution in [0.25, 0.3) is 0 Å². The summed E-state index contributed by atoms with van der Waals surface area (Å²) in [4.78, 5) is 0. The second-order valence-electron chi connectivity index (χ2n) is 5.11. The second kappa shape index (κ2) is 5.15. The third-order valence-electron chi connectivity index (χ3n) is 3.73. The van der Waals surface area contributed by atoms with Crippen molar-refractivity contribution in [3.8, 4) is 0 Å². The standard InChI is InChI=1S/C14H21OSi/c1-16(2)14(10-6-7-11-15-14)12-13-8-4-3-5-9-13/h4-5,8-9,16H,6-7,10-12H2,1-2H3. The number of ether oxygens (including phenoxy) is 1. The summed E-state index contributed by atoms with van der Waals surface area (Å²) < 4.78 is 6.18. The summed E-state index contributed by atoms with van der Waals surface area (Å²) in [5, 5.41) is 0.208. The molecule has 1 atom stereocenters. The molecule has 1 aromatic carbocycles. The number of hydrogen-bond acceptors (Lipinski definition) is 1. The highest BCUT2D eigenvalue weighted by Crippen LogP contribution is 2.31. The monoisotopic (exact) mass is 233 g/mol. The lowest BCUT2D eigenvalue weighted by Crippen LogP contribution is -2.49. The Morgan fingerprint density at radius 3 is 2.62 bits per heavy atom. The SMILES string of the molecule is C[SiH](C)C1(Cc2cc[c]cc2)CCCCO1. The van der Waals surface area contributed by atoms with Crippen LogP contribution in [-0.4, -0.2) is 20.6 Å². The maximum atomic E-state index is 6.18. The molecule has 1 aromatic rings. The van der Waals surface area contributed by atoms with Crippen LogP contribution in [0, 0.1) is 6.07 Å². The van der Waals surface area contributed by atoms with Crippen LogP contribution in [0.4, 0.5) is 0 Å². The van der Waals surface area contributed by atoms with Gasteiger partial charge in [-0.2, -0.15) is 0 Å². The van der Waals surface area contributed by atoms with E-state index in [0.29, 0.717) is 0 Å². The number of benzene rings is 1. The number of hydrogen-bond donors (Lipinski definition) is 0. The molecular weight excluding hydrogens is 212 g/mol. The highest BCUT2D eigenvalue weighted by atomic mass is 28.3. The first-order valence-electron chi connectivity index (χ1n) is 6.32. The molecule has 1 nitrogen and oxygen atoms in total. The molecule has 0 aliphatic carbocycles. The molecule has 1 aliphatic rings. The molecule has 1 radical (unpaired) electrons. The van der Waals surface area contributed by atoms with E-state index in [0.717, 1.165) is 13.0 Å². The van der Waals surface area contributed by atoms with Crippen molar-refractivity contribution in [1.82, 2.24) is 0 Å². The fourth-order valence-electron chi connectivity index (χ4n) is 2.56. The van der Waals surface area contributed by atoms with E-state index in [1.54, 1.807) is 0 Å². The summed E-state index contributed by atoms with van der Waals surface area (Å²) in [5.74, 6) is 0. The maximum absolute atomic E-state index is 6.18. The highest BCUT2D eigenvalue weighted by molar-refractivity contribution is 6.59. The minimum absolute atomic E-state index is 0.208. The minimum atomic E-state index is -0.790. The largest absolute Gasteiger partial charge is 0.379 e. The molecule has 87 valence electrons. The lowest BCUT2D eigenvalue weighted by molar-refractivity contribution is -0.0220. The van der Waals surface area contributed by atoms with Crippen molar-refractivity contribution in [2.24, 2.45) is 0 Å². The molecule has 0 amide bonds. The van der Waals surface area contributed by atoms with Crippen molar-refractivity contribution in [3.05, 3.63) is 35.9 Å². The maximum Gasteiger partial charge on any atom is 0.0699 e. The van der Waals surface area contributed by atoms with E-state index in [4.69, 9.17) is 4.74 Å². The van der Waals surface area contributed by atoms with E-state index in [1.165, 1.54) is 24.8 Å². The van der Waals surface area contributed by atoms with Crippen LogP contribution in [0.1, 0.15) is 24.8 Å². The van der Waals surface area contributed by atoms with Crippen molar-refractivity contribution in [2.45, 2.75) is 44.0 Å². The Balaban J connectivity index is 2.14. The van der Waals surface area contributed by atoms with E-state index in [2.05, 4.69) is 31.3 Å². The fourth-order valence-corrected chi connectivity index (χ4v) is 4.43. The normalized spacial score (nSPS) is 25.9. The average molecular weight is 233 g/mol. The molecule has 1 unspecified atom stereocenters. The first kappa shape index (κ1) is 11.9. The lowest BCUT2D eigenvalue weighted by Gasteiger charge is -2.40. The van der Waals surface area contributed by atoms with Crippen LogP contribution >= 0.6 is 0 Å². The molecule has 0 N–H and O–H groups in total. The van der Waals surface area contributed by atoms with Crippen molar-refractivity contribution in [2.75, 3.05) is 6.61 Å². The van der Waals surface area contributed by atoms with Crippen LogP contribution in [0.3, 0.4) is 0 Å². The average Bonchev–Trinajstić information content (AvgIpc) is 2.31. The highest BCUT2D eigenvalue weighted by Gasteiger charge is 2.37. The Labute approximate surface area is 100 Å². The number of rotatable bonds is 3. The molecule has 16 heavy (non-hydrogen) atoms. The molecule has 1 aliphatic heterocycles. The van der Waals surface area contributed by atoms with Gasteiger partial charge in [-0.25, -0.2) is 0 Å². The molecule has 0 spiro atoms. The Kier molecular flexibility index (Phi) is 3.82. The van der Waals surface area contributed by atoms with Gasteiger partial charge in [-0.3, -0.25) is 0 Å². The van der Waals surface area contributed by atoms with E-state index in [9.17, 15) is 0 Å². The third-order valence-corrected chi connectivity index (χ3v) is 6.49. The summed E-state index contributed by atoms with van der Waals surface area (Å²) in [6, 6.07) is 11.5. The van der Waals surface area contributed by atoms with Gasteiger partial charge >= 0.3 is 0 Å². The molecule has 0 bridgehead atoms. The first-order chi connectivity index (χ1) is 7.73. The van der Waals surface area contributed by atoms with Gasteiger partial charge in [0.2, 0.25) is 0 Å². The zero-order valence-electron chi connectivity index (χ0n) is 10.3. The summed E-state index contributed by atoms with van der Waals surface area (Å²) in [6.45, 7) is 5.80. The summed E-state index contributed by atoms with van der Waals surface area (Å²) >= 11 is 0. The lowest BCUT2D eigenvalue weighted by atomic mass is 10.0. The Bertz CT molecular complexity index is 315. The zero-order valence-corrected chi connectivity index (χ0v) is 11.5. The topological polar surface area (TPSA) is 9.23 Å². The molecular formula is C14H21OSi. The van der Waals surface area contributed by atoms with Gasteiger partial charge in [-0.05, 0) is 37.3 Å². The van der Waals surface area contributed by atoms with Gasteiger partial charge in [0.25, 0.3) is 0 Å². The predicted molar refractivity (Wildman–Crippen MR) is 70.4 cm³/mol. The molecule has 1 heterocycles. The van der Waals surface area contributed by atoms with Crippen molar-refractivity contribution < 1.29 is 4.74 Å². The van der Waals surface area contributed by atoms with Gasteiger partial charge in [0.1, 0.15) is 0 Å². The molecule has 0 aromatic heterocycles. The first-order valence-corrected chi connectivity index (χ1v) is 9.20. The summed E-state index contributed by atoms with van der Waals surface area (Å²) in [6.07, 6.45) is 4.94. The van der Waals surface area contributed by atoms with Crippen molar-refractivity contribution in [3.63, 3.8) is 0 Å². The van der Waals surface area contributed by atoms with E-state index < -0.39 is 8.80 Å². The Morgan fingerprint density at radius 1 is 1.31 bits per heavy atom. The Hall–Kier alpha value is -0.603. The smallest absolute Gasteiger partial charge is 0.0699 e. The summed E-state index contributed by atoms with van der Waals surface area (Å²) in [5.41, 5.74) is 1.40. The van der Waals surface area contributed by atoms with Gasteiger partial charge in [0, 0.05) is 6.61 Å². The second-order valence-corrected chi connectivity index (χ2v) is 8.47. The van der Waals surface area contributed by atoms with Crippen LogP contribution in [0.15, 0.2) is 24.3 Å². The molecule has 1 saturated heterocycles. The zero-order chi connectivity index (χ0) is 11.4. The predicted octanol–water partition coefficient (Wildman–Crippen LogP) is 2.99. The molecule has 2 heteroatoms. The van der Waals surface area contributed by atoms with Crippen LogP contribution in [0.5, 0.6) is 0 Å². The van der Waals surface area contributed by atoms with E-state index in [-0.39, 0.29) is 5.22 Å². The van der Waals surface area contributed by atoms with Gasteiger partial charge in [0.15, 0.2) is 0 Å². The Morgan fingerprint density at radius 2 is 2.06 bits per heavy atom. The fraction of sp³-hybridized carbons (Fsp3) is 0.571. The van der Waals surface area contributed by atoms with Gasteiger partial charge in [-0.1, -0.05) is 37.4 Å². The van der Waals surface area contributed by atoms with E-state index >= 15 is 0 Å². The van der Waals surface area contributed by atoms with E-state index in [1.807, 2.05) is 12.1 Å². The molecule has 2 rings (SSSR count). The van der Waals surface area contributed by atoms with Crippen LogP contribution < -0.4 is 0 Å². The van der Waals surface area contributed by atoms with Gasteiger partial charge < -0.3 is 4.74 Å². The van der Waals surface area contributed by atoms with Gasteiger partial charge in [-0.15, -0.1) is 0 Å².